The van der Waals surface area contributed by atoms with Gasteiger partial charge in [-0.15, -0.1) is 10.2 Å². The van der Waals surface area contributed by atoms with E-state index in [1.54, 1.807) is 6.07 Å². The number of nitrogens with zero attached hydrogens (tertiary/aromatic N) is 5. The second-order valence-corrected chi connectivity index (χ2v) is 9.28. The third-order valence-electron chi connectivity index (χ3n) is 5.62. The molecule has 1 aliphatic rings. The van der Waals surface area contributed by atoms with Gasteiger partial charge < -0.3 is 14.2 Å². The average Bonchev–Trinajstić information content (AvgIpc) is 3.51. The zero-order chi connectivity index (χ0) is 24.2. The normalized spacial score (nSPS) is 13.7. The van der Waals surface area contributed by atoms with Gasteiger partial charge in [0.05, 0.1) is 24.7 Å². The Hall–Kier alpha value is -3.63. The van der Waals surface area contributed by atoms with Gasteiger partial charge in [0.15, 0.2) is 5.16 Å². The molecule has 0 saturated carbocycles. The SMILES string of the molecule is Cc1ccc(-c2cc(NC(=O)CSc3nnc(N4CCOCC4)n3-c3cccc(C)c3)on2)cc1. The van der Waals surface area contributed by atoms with E-state index in [9.17, 15) is 4.79 Å². The standard InChI is InChI=1S/C25H26N6O3S/c1-17-6-8-19(9-7-17)21-15-23(34-29-21)26-22(32)16-35-25-28-27-24(30-10-12-33-13-11-30)31(25)20-5-3-4-18(2)14-20/h3-9,14-15H,10-13,16H2,1-2H3,(H,26,32). The van der Waals surface area contributed by atoms with E-state index in [2.05, 4.69) is 31.6 Å². The van der Waals surface area contributed by atoms with Crippen molar-refractivity contribution in [2.45, 2.75) is 19.0 Å². The molecule has 5 rings (SSSR count). The Kier molecular flexibility index (Phi) is 6.82. The third kappa shape index (κ3) is 5.39. The molecule has 1 N–H and O–H groups in total. The highest BCUT2D eigenvalue weighted by Crippen LogP contribution is 2.28. The van der Waals surface area contributed by atoms with Crippen LogP contribution in [-0.4, -0.2) is 57.9 Å². The summed E-state index contributed by atoms with van der Waals surface area (Å²) >= 11 is 1.32. The second kappa shape index (κ2) is 10.3. The maximum atomic E-state index is 12.7. The van der Waals surface area contributed by atoms with Crippen LogP contribution in [0.2, 0.25) is 0 Å². The number of hydrogen-bond donors (Lipinski definition) is 1. The van der Waals surface area contributed by atoms with Crippen LogP contribution in [-0.2, 0) is 9.53 Å². The lowest BCUT2D eigenvalue weighted by Gasteiger charge is -2.28. The Morgan fingerprint density at radius 2 is 1.83 bits per heavy atom. The van der Waals surface area contributed by atoms with Gasteiger partial charge in [0, 0.05) is 24.7 Å². The number of morpholine rings is 1. The topological polar surface area (TPSA) is 98.3 Å². The fraction of sp³-hybridized carbons (Fsp3) is 0.280. The number of hydrogen-bond acceptors (Lipinski definition) is 8. The molecule has 180 valence electrons. The Bertz CT molecular complexity index is 1310. The van der Waals surface area contributed by atoms with E-state index in [0.717, 1.165) is 41.4 Å². The van der Waals surface area contributed by atoms with Crippen LogP contribution in [0.3, 0.4) is 0 Å². The van der Waals surface area contributed by atoms with Gasteiger partial charge in [-0.25, -0.2) is 0 Å². The van der Waals surface area contributed by atoms with Gasteiger partial charge in [0.2, 0.25) is 17.7 Å². The molecule has 3 heterocycles. The van der Waals surface area contributed by atoms with E-state index in [0.29, 0.717) is 29.9 Å². The van der Waals surface area contributed by atoms with E-state index in [-0.39, 0.29) is 11.7 Å². The molecule has 9 nitrogen and oxygen atoms in total. The van der Waals surface area contributed by atoms with Crippen molar-refractivity contribution in [1.82, 2.24) is 19.9 Å². The number of nitrogens with one attached hydrogen (secondary N) is 1. The first-order valence-corrected chi connectivity index (χ1v) is 12.4. The van der Waals surface area contributed by atoms with Gasteiger partial charge in [-0.3, -0.25) is 14.7 Å². The largest absolute Gasteiger partial charge is 0.378 e. The number of carbonyl (C=O) groups is 1. The fourth-order valence-corrected chi connectivity index (χ4v) is 4.56. The summed E-state index contributed by atoms with van der Waals surface area (Å²) < 4.78 is 12.8. The smallest absolute Gasteiger partial charge is 0.237 e. The minimum absolute atomic E-state index is 0.146. The van der Waals surface area contributed by atoms with Crippen LogP contribution < -0.4 is 10.2 Å². The minimum Gasteiger partial charge on any atom is -0.378 e. The highest BCUT2D eigenvalue weighted by Gasteiger charge is 2.22. The molecule has 2 aromatic carbocycles. The van der Waals surface area contributed by atoms with Crippen molar-refractivity contribution in [3.63, 3.8) is 0 Å². The van der Waals surface area contributed by atoms with Gasteiger partial charge in [0.1, 0.15) is 5.69 Å². The zero-order valence-corrected chi connectivity index (χ0v) is 20.4. The predicted molar refractivity (Wildman–Crippen MR) is 135 cm³/mol. The molecular formula is C25H26N6O3S. The highest BCUT2D eigenvalue weighted by molar-refractivity contribution is 7.99. The average molecular weight is 491 g/mol. The number of anilines is 2. The molecule has 1 fully saturated rings. The van der Waals surface area contributed by atoms with Gasteiger partial charge in [-0.1, -0.05) is 58.9 Å². The van der Waals surface area contributed by atoms with Gasteiger partial charge in [-0.2, -0.15) is 0 Å². The number of thioether (sulfide) groups is 1. The molecule has 0 aliphatic carbocycles. The summed E-state index contributed by atoms with van der Waals surface area (Å²) in [5.41, 5.74) is 4.85. The van der Waals surface area contributed by atoms with Crippen LogP contribution in [0.4, 0.5) is 11.8 Å². The first kappa shape index (κ1) is 23.1. The number of aryl methyl sites for hydroxylation is 2. The first-order valence-electron chi connectivity index (χ1n) is 11.4. The molecular weight excluding hydrogens is 464 g/mol. The molecule has 35 heavy (non-hydrogen) atoms. The van der Waals surface area contributed by atoms with Crippen molar-refractivity contribution in [3.8, 4) is 16.9 Å². The van der Waals surface area contributed by atoms with Crippen molar-refractivity contribution < 1.29 is 14.1 Å². The molecule has 0 radical (unpaired) electrons. The van der Waals surface area contributed by atoms with E-state index >= 15 is 0 Å². The van der Waals surface area contributed by atoms with Crippen LogP contribution in [0.1, 0.15) is 11.1 Å². The van der Waals surface area contributed by atoms with Crippen molar-refractivity contribution in [2.75, 3.05) is 42.3 Å². The maximum Gasteiger partial charge on any atom is 0.237 e. The summed E-state index contributed by atoms with van der Waals surface area (Å²) in [6.45, 7) is 6.85. The van der Waals surface area contributed by atoms with Crippen molar-refractivity contribution in [1.29, 1.82) is 0 Å². The van der Waals surface area contributed by atoms with Crippen molar-refractivity contribution in [3.05, 3.63) is 65.7 Å². The monoisotopic (exact) mass is 490 g/mol. The van der Waals surface area contributed by atoms with Crippen LogP contribution in [0.15, 0.2) is 64.3 Å². The fourth-order valence-electron chi connectivity index (χ4n) is 3.81. The van der Waals surface area contributed by atoms with E-state index < -0.39 is 0 Å². The Balaban J connectivity index is 1.30. The zero-order valence-electron chi connectivity index (χ0n) is 19.6. The van der Waals surface area contributed by atoms with Crippen LogP contribution in [0, 0.1) is 13.8 Å². The molecule has 0 unspecified atom stereocenters. The molecule has 10 heteroatoms. The van der Waals surface area contributed by atoms with Crippen molar-refractivity contribution in [2.24, 2.45) is 0 Å². The summed E-state index contributed by atoms with van der Waals surface area (Å²) in [5, 5.41) is 16.3. The van der Waals surface area contributed by atoms with Crippen LogP contribution in [0.25, 0.3) is 16.9 Å². The summed E-state index contributed by atoms with van der Waals surface area (Å²) in [4.78, 5) is 14.8. The molecule has 0 atom stereocenters. The Labute approximate surface area is 207 Å². The number of rotatable bonds is 7. The van der Waals surface area contributed by atoms with Gasteiger partial charge in [0.25, 0.3) is 0 Å². The lowest BCUT2D eigenvalue weighted by atomic mass is 10.1. The van der Waals surface area contributed by atoms with Crippen LogP contribution in [0.5, 0.6) is 0 Å². The molecule has 1 aliphatic heterocycles. The quantitative estimate of drug-likeness (QED) is 0.387. The summed E-state index contributed by atoms with van der Waals surface area (Å²) in [6, 6.07) is 17.8. The summed E-state index contributed by atoms with van der Waals surface area (Å²) in [7, 11) is 0. The molecule has 1 amide bonds. The van der Waals surface area contributed by atoms with Crippen LogP contribution >= 0.6 is 11.8 Å². The number of ether oxygens (including phenoxy) is 1. The Morgan fingerprint density at radius 1 is 1.03 bits per heavy atom. The second-order valence-electron chi connectivity index (χ2n) is 8.34. The summed E-state index contributed by atoms with van der Waals surface area (Å²) in [5.74, 6) is 0.988. The van der Waals surface area contributed by atoms with Gasteiger partial charge >= 0.3 is 0 Å². The predicted octanol–water partition coefficient (Wildman–Crippen LogP) is 4.11. The number of benzene rings is 2. The van der Waals surface area contributed by atoms with Crippen molar-refractivity contribution >= 4 is 29.5 Å². The number of aromatic nitrogens is 4. The van der Waals surface area contributed by atoms with E-state index in [1.807, 2.05) is 60.9 Å². The highest BCUT2D eigenvalue weighted by atomic mass is 32.2. The lowest BCUT2D eigenvalue weighted by Crippen LogP contribution is -2.37. The van der Waals surface area contributed by atoms with E-state index in [4.69, 9.17) is 9.26 Å². The molecule has 0 bridgehead atoms. The maximum absolute atomic E-state index is 12.7. The summed E-state index contributed by atoms with van der Waals surface area (Å²) in [6.07, 6.45) is 0. The number of carbonyl (C=O) groups excluding carboxylic acids is 1. The molecule has 0 spiro atoms. The minimum atomic E-state index is -0.215. The molecule has 2 aromatic heterocycles. The van der Waals surface area contributed by atoms with E-state index in [1.165, 1.54) is 11.8 Å². The van der Waals surface area contributed by atoms with Gasteiger partial charge in [-0.05, 0) is 31.5 Å². The molecule has 1 saturated heterocycles. The molecule has 4 aromatic rings. The lowest BCUT2D eigenvalue weighted by molar-refractivity contribution is -0.113. The third-order valence-corrected chi connectivity index (χ3v) is 6.55. The number of amides is 1. The Morgan fingerprint density at radius 3 is 2.60 bits per heavy atom. The first-order chi connectivity index (χ1) is 17.1.